The summed E-state index contributed by atoms with van der Waals surface area (Å²) in [6, 6.07) is -2.81. The third-order valence-corrected chi connectivity index (χ3v) is 16.8. The number of aliphatic carboxylic acids is 3. The topological polar surface area (TPSA) is 677 Å². The highest BCUT2D eigenvalue weighted by atomic mass is 16.4. The fraction of sp³-hybridized carbons (Fsp3) is 0.507. The Morgan fingerprint density at radius 1 is 0.389 bits per heavy atom. The van der Waals surface area contributed by atoms with E-state index in [0.29, 0.717) is 12.0 Å². The van der Waals surface area contributed by atoms with Gasteiger partial charge in [0.05, 0.1) is 31.5 Å². The van der Waals surface area contributed by atoms with Gasteiger partial charge >= 0.3 is 17.9 Å². The molecule has 0 radical (unpaired) electrons. The van der Waals surface area contributed by atoms with Crippen molar-refractivity contribution in [1.82, 2.24) is 58.5 Å². The van der Waals surface area contributed by atoms with Crippen molar-refractivity contribution >= 4 is 94.7 Å². The molecule has 594 valence electrons. The van der Waals surface area contributed by atoms with Crippen molar-refractivity contribution in [2.75, 3.05) is 19.6 Å². The molecular weight excluding hydrogens is 1420 g/mol. The molecule has 3 aromatic rings. The van der Waals surface area contributed by atoms with E-state index in [4.69, 9.17) is 33.8 Å². The van der Waals surface area contributed by atoms with Crippen molar-refractivity contribution in [3.05, 3.63) is 89.5 Å². The van der Waals surface area contributed by atoms with E-state index < -0.39 is 225 Å². The van der Waals surface area contributed by atoms with Gasteiger partial charge in [0.15, 0.2) is 0 Å². The number of aliphatic hydroxyl groups excluding tert-OH is 1. The highest BCUT2D eigenvalue weighted by Crippen LogP contribution is 2.18. The number of phenolic OH excluding ortho intramolecular Hbond substituents is 3. The molecule has 0 aliphatic heterocycles. The molecular formula is C69H100N16O23. The SMILES string of the molecule is CC[C@H](C)[C@H](NC(=O)[C@H](CC(=O)O)NC(=O)[C@H](Cc1ccc(O)cc1)NC(=O)[C@H](CCCCN)NC(=O)[C@H](CC(N)=O)NC(=O)[C@@H](N)CCC(=O)O)C(=O)N[C@@H](Cc1ccc(O)cc1)C(=O)N[C@H](C(=O)N[C@@H](CCCCN)C(=O)NCC(=O)N[C@@H](Cc1ccc(O)cc1)C(=O)N[C@@H](CCC(N)=O)C(=O)O)[C@@H](C)O. The van der Waals surface area contributed by atoms with Gasteiger partial charge in [-0.15, -0.1) is 0 Å². The molecule has 0 spiro atoms. The zero-order valence-electron chi connectivity index (χ0n) is 59.9. The number of carboxylic acid groups (broad SMARTS) is 3. The second-order valence-electron chi connectivity index (χ2n) is 25.7. The summed E-state index contributed by atoms with van der Waals surface area (Å²) in [5.41, 5.74) is 28.8. The first-order valence-corrected chi connectivity index (χ1v) is 34.7. The number of amides is 13. The summed E-state index contributed by atoms with van der Waals surface area (Å²) in [5.74, 6) is -20.1. The van der Waals surface area contributed by atoms with Crippen LogP contribution < -0.4 is 87.2 Å². The van der Waals surface area contributed by atoms with Gasteiger partial charge in [-0.25, -0.2) is 4.79 Å². The lowest BCUT2D eigenvalue weighted by Gasteiger charge is -2.30. The highest BCUT2D eigenvalue weighted by molar-refractivity contribution is 6.00. The summed E-state index contributed by atoms with van der Waals surface area (Å²) < 4.78 is 0. The summed E-state index contributed by atoms with van der Waals surface area (Å²) in [6.07, 6.45) is -5.93. The molecule has 3 aromatic carbocycles. The van der Waals surface area contributed by atoms with Crippen molar-refractivity contribution in [1.29, 1.82) is 0 Å². The molecule has 108 heavy (non-hydrogen) atoms. The van der Waals surface area contributed by atoms with Gasteiger partial charge in [-0.05, 0) is 130 Å². The molecule has 0 saturated carbocycles. The third-order valence-electron chi connectivity index (χ3n) is 16.8. The summed E-state index contributed by atoms with van der Waals surface area (Å²) in [4.78, 5) is 214. The van der Waals surface area contributed by atoms with Crippen LogP contribution in [0.2, 0.25) is 0 Å². The Labute approximate surface area is 620 Å². The Morgan fingerprint density at radius 2 is 0.759 bits per heavy atom. The second-order valence-corrected chi connectivity index (χ2v) is 25.7. The molecule has 3 rings (SSSR count). The second kappa shape index (κ2) is 46.4. The monoisotopic (exact) mass is 1520 g/mol. The molecule has 39 nitrogen and oxygen atoms in total. The predicted molar refractivity (Wildman–Crippen MR) is 382 cm³/mol. The molecule has 0 fully saturated rings. The Morgan fingerprint density at radius 3 is 1.19 bits per heavy atom. The average molecular weight is 1520 g/mol. The number of nitrogens with two attached hydrogens (primary N) is 5. The zero-order chi connectivity index (χ0) is 80.9. The minimum absolute atomic E-state index is 0.103. The molecule has 39 heteroatoms. The maximum Gasteiger partial charge on any atom is 0.326 e. The maximum absolute atomic E-state index is 14.7. The fourth-order valence-corrected chi connectivity index (χ4v) is 10.5. The van der Waals surface area contributed by atoms with Crippen LogP contribution in [0, 0.1) is 5.92 Å². The zero-order valence-corrected chi connectivity index (χ0v) is 59.9. The molecule has 0 unspecified atom stereocenters. The number of benzene rings is 3. The standard InChI is InChI=1S/C69H100N16O23/c1-4-35(2)57(84-66(104)51(33-56(95)96)82-63(101)48(30-38-13-19-41(88)20-14-38)81-61(99)45(10-6-8-28-71)77-64(102)50(32-53(74)91)80-59(97)43(72)23-26-55(93)94)67(105)83-49(31-39-15-21-42(89)22-16-39)65(103)85-58(36(3)86)68(106)78-44(9-5-7-27-70)60(98)75-34-54(92)76-47(29-37-11-17-40(87)18-12-37)62(100)79-46(69(107)108)24-25-52(73)90/h11-22,35-36,43-51,57-58,86-89H,4-10,23-34,70-72H2,1-3H3,(H2,73,90)(H2,74,91)(H,75,98)(H,76,92)(H,77,102)(H,78,106)(H,79,100)(H,80,97)(H,81,99)(H,82,101)(H,83,105)(H,84,104)(H,85,103)(H,93,94)(H,95,96)(H,107,108)/t35-,36+,43-,44-,45-,46-,47-,48-,49-,50-,51-,57-,58-/m0/s1. The van der Waals surface area contributed by atoms with E-state index in [1.54, 1.807) is 6.92 Å². The summed E-state index contributed by atoms with van der Waals surface area (Å²) in [6.45, 7) is 3.58. The first-order chi connectivity index (χ1) is 50.9. The van der Waals surface area contributed by atoms with Gasteiger partial charge in [0.1, 0.15) is 77.7 Å². The van der Waals surface area contributed by atoms with Crippen LogP contribution in [-0.2, 0) is 96.0 Å². The number of primary amides is 2. The van der Waals surface area contributed by atoms with Gasteiger partial charge in [-0.2, -0.15) is 0 Å². The summed E-state index contributed by atoms with van der Waals surface area (Å²) in [7, 11) is 0. The molecule has 28 N–H and O–H groups in total. The molecule has 0 saturated heterocycles. The molecule has 13 atom stereocenters. The number of hydrogen-bond acceptors (Lipinski definition) is 23. The number of nitrogens with one attached hydrogen (secondary N) is 11. The summed E-state index contributed by atoms with van der Waals surface area (Å²) >= 11 is 0. The average Bonchev–Trinajstić information content (AvgIpc) is 1.01. The van der Waals surface area contributed by atoms with Crippen LogP contribution in [0.4, 0.5) is 0 Å². The van der Waals surface area contributed by atoms with E-state index in [0.717, 1.165) is 6.92 Å². The predicted octanol–water partition coefficient (Wildman–Crippen LogP) is -5.63. The molecule has 0 aliphatic rings. The minimum atomic E-state index is -2.07. The van der Waals surface area contributed by atoms with Crippen LogP contribution in [0.5, 0.6) is 17.2 Å². The van der Waals surface area contributed by atoms with Crippen molar-refractivity contribution < 1.29 is 112 Å². The quantitative estimate of drug-likeness (QED) is 0.0234. The van der Waals surface area contributed by atoms with Gasteiger partial charge < -0.3 is 123 Å². The number of carbonyl (C=O) groups excluding carboxylic acids is 13. The molecule has 0 heterocycles. The number of phenols is 3. The number of rotatable bonds is 50. The van der Waals surface area contributed by atoms with Crippen molar-refractivity contribution in [2.24, 2.45) is 34.6 Å². The van der Waals surface area contributed by atoms with E-state index in [-0.39, 0.29) is 92.8 Å². The normalized spacial score (nSPS) is 14.6. The number of carboxylic acids is 3. The highest BCUT2D eigenvalue weighted by Gasteiger charge is 2.39. The van der Waals surface area contributed by atoms with Crippen LogP contribution in [0.25, 0.3) is 0 Å². The smallest absolute Gasteiger partial charge is 0.326 e. The van der Waals surface area contributed by atoms with Crippen LogP contribution in [0.3, 0.4) is 0 Å². The number of aliphatic hydroxyl groups is 1. The van der Waals surface area contributed by atoms with Crippen LogP contribution in [0.1, 0.15) is 121 Å². The largest absolute Gasteiger partial charge is 0.508 e. The number of aromatic hydroxyl groups is 3. The van der Waals surface area contributed by atoms with E-state index in [1.165, 1.54) is 79.7 Å². The van der Waals surface area contributed by atoms with Crippen LogP contribution >= 0.6 is 0 Å². The Kier molecular flexibility index (Phi) is 38.9. The molecule has 13 amide bonds. The lowest BCUT2D eigenvalue weighted by atomic mass is 9.96. The van der Waals surface area contributed by atoms with Gasteiger partial charge in [0.25, 0.3) is 0 Å². The lowest BCUT2D eigenvalue weighted by Crippen LogP contribution is -2.62. The molecule has 0 bridgehead atoms. The van der Waals surface area contributed by atoms with E-state index >= 15 is 0 Å². The van der Waals surface area contributed by atoms with Gasteiger partial charge in [0.2, 0.25) is 76.8 Å². The Balaban J connectivity index is 1.98. The molecule has 0 aliphatic carbocycles. The van der Waals surface area contributed by atoms with Crippen molar-refractivity contribution in [3.63, 3.8) is 0 Å². The van der Waals surface area contributed by atoms with E-state index in [9.17, 15) is 107 Å². The Hall–Kier alpha value is -11.6. The van der Waals surface area contributed by atoms with Crippen molar-refractivity contribution in [3.8, 4) is 17.2 Å². The van der Waals surface area contributed by atoms with Gasteiger partial charge in [-0.3, -0.25) is 71.9 Å². The van der Waals surface area contributed by atoms with Crippen LogP contribution in [-0.4, -0.2) is 223 Å². The first-order valence-electron chi connectivity index (χ1n) is 34.7. The number of hydrogen-bond donors (Lipinski definition) is 23. The summed E-state index contributed by atoms with van der Waals surface area (Å²) in [5, 5.41) is 96.3. The Bertz CT molecular complexity index is 3590. The van der Waals surface area contributed by atoms with E-state index in [2.05, 4.69) is 58.5 Å². The lowest BCUT2D eigenvalue weighted by molar-refractivity contribution is -0.142. The van der Waals surface area contributed by atoms with Gasteiger partial charge in [-0.1, -0.05) is 56.7 Å². The molecule has 0 aromatic heterocycles. The third kappa shape index (κ3) is 33.3. The number of unbranched alkanes of at least 4 members (excludes halogenated alkanes) is 2. The minimum Gasteiger partial charge on any atom is -0.508 e. The number of carbonyl (C=O) groups is 16. The van der Waals surface area contributed by atoms with Crippen LogP contribution in [0.15, 0.2) is 72.8 Å². The van der Waals surface area contributed by atoms with Gasteiger partial charge in [0, 0.05) is 32.1 Å². The first kappa shape index (κ1) is 90.6. The maximum atomic E-state index is 14.7. The van der Waals surface area contributed by atoms with E-state index in [1.807, 2.05) is 0 Å². The fourth-order valence-electron chi connectivity index (χ4n) is 10.5. The van der Waals surface area contributed by atoms with Crippen molar-refractivity contribution in [2.45, 2.75) is 196 Å².